The summed E-state index contributed by atoms with van der Waals surface area (Å²) in [7, 11) is -4.64. The van der Waals surface area contributed by atoms with Gasteiger partial charge in [0.1, 0.15) is 6.10 Å². The standard InChI is InChI=1S/C43H56F34NO6P/c44-28(45,30(48,49)32(52,53)34(56,57)36(60,61)38(64,65)40(68,69)42(72,73)74)19-15-11-7-3-1-5-9-13-17-22-81-25-27(26-84-85(79,80)83-24-21-78)82-23-18-14-10-6-2-4-8-12-16-20-29(46,47)31(50,51)33(54,55)35(58,59)37(62,63)39(66,67)41(70,71)43(75,76)77/h27H,1-26,78H2,(H,79,80). The number of unbranched alkanes of at least 4 members (excludes halogenated alkanes) is 16. The van der Waals surface area contributed by atoms with Gasteiger partial charge in [-0.05, 0) is 25.7 Å². The van der Waals surface area contributed by atoms with Gasteiger partial charge >= 0.3 is 103 Å². The quantitative estimate of drug-likeness (QED) is 0.0356. The fourth-order valence-electron chi connectivity index (χ4n) is 7.17. The van der Waals surface area contributed by atoms with Crippen LogP contribution in [0.25, 0.3) is 0 Å². The zero-order valence-corrected chi connectivity index (χ0v) is 44.2. The molecule has 0 aliphatic rings. The SMILES string of the molecule is NCCOP(=O)(O)OCC(COCCCCCCCCCCCC(F)(F)C(F)(F)C(F)(F)C(F)(F)C(F)(F)C(F)(F)C(F)(F)C(F)(F)F)OCCCCCCCCCCCC(F)(F)C(F)(F)C(F)(F)C(F)(F)C(F)(F)C(F)(F)C(F)(F)C(F)(F)F. The highest BCUT2D eigenvalue weighted by Gasteiger charge is 2.97. The molecule has 2 unspecified atom stereocenters. The molecule has 2 atom stereocenters. The van der Waals surface area contributed by atoms with Gasteiger partial charge in [-0.1, -0.05) is 89.9 Å². The Hall–Kier alpha value is -2.39. The fourth-order valence-corrected chi connectivity index (χ4v) is 7.94. The summed E-state index contributed by atoms with van der Waals surface area (Å²) in [4.78, 5) is 9.80. The third-order valence-corrected chi connectivity index (χ3v) is 13.4. The molecule has 0 spiro atoms. The average Bonchev–Trinajstić information content (AvgIpc) is 1.34. The average molecular weight is 1360 g/mol. The van der Waals surface area contributed by atoms with E-state index >= 15 is 0 Å². The largest absolute Gasteiger partial charge is 0.472 e. The van der Waals surface area contributed by atoms with Crippen LogP contribution >= 0.6 is 7.82 Å². The molecule has 0 fully saturated rings. The third-order valence-electron chi connectivity index (χ3n) is 12.4. The number of ether oxygens (including phenoxy) is 2. The minimum atomic E-state index is -8.71. The number of alkyl halides is 34. The lowest BCUT2D eigenvalue weighted by Crippen LogP contribution is -2.74. The fraction of sp³-hybridized carbons (Fsp3) is 1.00. The number of rotatable bonds is 45. The van der Waals surface area contributed by atoms with Crippen LogP contribution in [-0.4, -0.2) is 146 Å². The van der Waals surface area contributed by atoms with Gasteiger partial charge in [0.05, 0.1) is 19.8 Å². The van der Waals surface area contributed by atoms with E-state index in [0.29, 0.717) is 57.8 Å². The van der Waals surface area contributed by atoms with E-state index in [-0.39, 0.29) is 58.5 Å². The molecule has 512 valence electrons. The molecule has 0 aromatic carbocycles. The van der Waals surface area contributed by atoms with Crippen molar-refractivity contribution >= 4 is 7.82 Å². The van der Waals surface area contributed by atoms with E-state index in [1.807, 2.05) is 0 Å². The highest BCUT2D eigenvalue weighted by atomic mass is 31.2. The van der Waals surface area contributed by atoms with Crippen LogP contribution in [0.3, 0.4) is 0 Å². The zero-order chi connectivity index (χ0) is 67.3. The summed E-state index contributed by atoms with van der Waals surface area (Å²) in [6.07, 6.45) is -21.7. The number of phosphoric ester groups is 1. The highest BCUT2D eigenvalue weighted by Crippen LogP contribution is 2.66. The van der Waals surface area contributed by atoms with Crippen LogP contribution in [0.15, 0.2) is 0 Å². The third kappa shape index (κ3) is 18.4. The van der Waals surface area contributed by atoms with Crippen molar-refractivity contribution in [1.82, 2.24) is 0 Å². The first-order valence-corrected chi connectivity index (χ1v) is 26.3. The van der Waals surface area contributed by atoms with Crippen LogP contribution in [0.1, 0.15) is 128 Å². The molecular formula is C43H56F34NO6P. The number of nitrogens with two attached hydrogens (primary N) is 1. The first kappa shape index (κ1) is 82.6. The lowest BCUT2D eigenvalue weighted by molar-refractivity contribution is -0.461. The van der Waals surface area contributed by atoms with Gasteiger partial charge in [0.2, 0.25) is 0 Å². The molecule has 0 saturated carbocycles. The molecule has 0 amide bonds. The number of halogens is 34. The maximum atomic E-state index is 14.1. The predicted octanol–water partition coefficient (Wildman–Crippen LogP) is 18.3. The number of hydrogen-bond acceptors (Lipinski definition) is 6. The van der Waals surface area contributed by atoms with Gasteiger partial charge in [0.25, 0.3) is 0 Å². The summed E-state index contributed by atoms with van der Waals surface area (Å²) in [5, 5.41) is 0. The molecule has 0 aliphatic carbocycles. The summed E-state index contributed by atoms with van der Waals surface area (Å²) in [6.45, 7) is -1.44. The van der Waals surface area contributed by atoms with Gasteiger partial charge in [-0.2, -0.15) is 149 Å². The molecule has 3 N–H and O–H groups in total. The molecule has 0 radical (unpaired) electrons. The van der Waals surface area contributed by atoms with Crippen LogP contribution in [0.5, 0.6) is 0 Å². The molecule has 0 rings (SSSR count). The maximum absolute atomic E-state index is 14.1. The van der Waals surface area contributed by atoms with E-state index in [2.05, 4.69) is 4.52 Å². The summed E-state index contributed by atoms with van der Waals surface area (Å²) < 4.78 is 490. The van der Waals surface area contributed by atoms with Crippen molar-refractivity contribution in [2.45, 2.75) is 230 Å². The second-order valence-corrected chi connectivity index (χ2v) is 20.6. The molecule has 42 heteroatoms. The number of hydrogen-bond donors (Lipinski definition) is 2. The Morgan fingerprint density at radius 2 is 0.553 bits per heavy atom. The summed E-state index contributed by atoms with van der Waals surface area (Å²) in [5.74, 6) is -113. The van der Waals surface area contributed by atoms with Crippen LogP contribution in [0.2, 0.25) is 0 Å². The van der Waals surface area contributed by atoms with E-state index < -0.39 is 161 Å². The Kier molecular flexibility index (Phi) is 29.3. The summed E-state index contributed by atoms with van der Waals surface area (Å²) in [5.41, 5.74) is 5.20. The van der Waals surface area contributed by atoms with Gasteiger partial charge in [0.15, 0.2) is 0 Å². The van der Waals surface area contributed by atoms with E-state index in [9.17, 15) is 159 Å². The summed E-state index contributed by atoms with van der Waals surface area (Å²) in [6, 6.07) is 0. The van der Waals surface area contributed by atoms with Crippen LogP contribution in [0.4, 0.5) is 149 Å². The molecule has 0 aliphatic heterocycles. The van der Waals surface area contributed by atoms with Crippen LogP contribution in [0, 0.1) is 0 Å². The Bertz CT molecular complexity index is 2020. The molecule has 7 nitrogen and oxygen atoms in total. The van der Waals surface area contributed by atoms with Crippen molar-refractivity contribution in [3.63, 3.8) is 0 Å². The molecule has 85 heavy (non-hydrogen) atoms. The maximum Gasteiger partial charge on any atom is 0.472 e. The Labute approximate surface area is 460 Å². The predicted molar refractivity (Wildman–Crippen MR) is 225 cm³/mol. The van der Waals surface area contributed by atoms with E-state index in [1.165, 1.54) is 0 Å². The molecule has 0 aromatic rings. The smallest absolute Gasteiger partial charge is 0.379 e. The van der Waals surface area contributed by atoms with Crippen molar-refractivity contribution in [1.29, 1.82) is 0 Å². The molecule has 0 saturated heterocycles. The minimum absolute atomic E-state index is 0.0297. The lowest BCUT2D eigenvalue weighted by atomic mass is 9.87. The second-order valence-electron chi connectivity index (χ2n) is 19.1. The van der Waals surface area contributed by atoms with Crippen molar-refractivity contribution in [2.24, 2.45) is 5.73 Å². The Morgan fingerprint density at radius 1 is 0.306 bits per heavy atom. The molecule has 0 aromatic heterocycles. The normalized spacial score (nSPS) is 16.3. The van der Waals surface area contributed by atoms with Crippen LogP contribution in [-0.2, 0) is 23.1 Å². The zero-order valence-electron chi connectivity index (χ0n) is 43.3. The highest BCUT2D eigenvalue weighted by molar-refractivity contribution is 7.47. The van der Waals surface area contributed by atoms with Crippen molar-refractivity contribution < 1.29 is 177 Å². The van der Waals surface area contributed by atoms with Gasteiger partial charge in [-0.15, -0.1) is 0 Å². The summed E-state index contributed by atoms with van der Waals surface area (Å²) >= 11 is 0. The number of phosphoric acid groups is 1. The molecule has 0 heterocycles. The molecule has 0 bridgehead atoms. The minimum Gasteiger partial charge on any atom is -0.379 e. The van der Waals surface area contributed by atoms with Crippen molar-refractivity contribution in [3.05, 3.63) is 0 Å². The van der Waals surface area contributed by atoms with Gasteiger partial charge < -0.3 is 20.1 Å². The first-order chi connectivity index (χ1) is 37.8. The van der Waals surface area contributed by atoms with Crippen molar-refractivity contribution in [2.75, 3.05) is 39.6 Å². The molecular weight excluding hydrogens is 1300 g/mol. The monoisotopic (exact) mass is 1360 g/mol. The van der Waals surface area contributed by atoms with E-state index in [0.717, 1.165) is 0 Å². The van der Waals surface area contributed by atoms with E-state index in [4.69, 9.17) is 19.7 Å². The van der Waals surface area contributed by atoms with Gasteiger partial charge in [0, 0.05) is 32.6 Å². The van der Waals surface area contributed by atoms with E-state index in [1.54, 1.807) is 0 Å². The van der Waals surface area contributed by atoms with Gasteiger partial charge in [-0.25, -0.2) is 4.57 Å². The van der Waals surface area contributed by atoms with Crippen molar-refractivity contribution in [3.8, 4) is 0 Å². The van der Waals surface area contributed by atoms with Gasteiger partial charge in [-0.3, -0.25) is 9.05 Å². The Balaban J connectivity index is 4.95. The topological polar surface area (TPSA) is 100 Å². The van der Waals surface area contributed by atoms with Crippen LogP contribution < -0.4 is 5.73 Å². The second kappa shape index (κ2) is 30.2. The first-order valence-electron chi connectivity index (χ1n) is 24.8. The Morgan fingerprint density at radius 3 is 0.835 bits per heavy atom. The lowest BCUT2D eigenvalue weighted by Gasteiger charge is -2.42.